The van der Waals surface area contributed by atoms with Gasteiger partial charge in [-0.1, -0.05) is 18.1 Å². The van der Waals surface area contributed by atoms with Crippen molar-refractivity contribution in [1.82, 2.24) is 9.46 Å². The molecule has 130 valence electrons. The third kappa shape index (κ3) is 2.89. The van der Waals surface area contributed by atoms with Crippen LogP contribution in [-0.2, 0) is 16.4 Å². The fourth-order valence-corrected chi connectivity index (χ4v) is 5.26. The van der Waals surface area contributed by atoms with E-state index in [1.807, 2.05) is 39.8 Å². The van der Waals surface area contributed by atoms with Crippen LogP contribution in [0.1, 0.15) is 54.0 Å². The fourth-order valence-electron chi connectivity index (χ4n) is 3.30. The third-order valence-electron chi connectivity index (χ3n) is 4.85. The maximum atomic E-state index is 13.2. The van der Waals surface area contributed by atoms with Gasteiger partial charge >= 0.3 is 0 Å². The van der Waals surface area contributed by atoms with Crippen molar-refractivity contribution in [1.29, 1.82) is 0 Å². The molecule has 0 saturated carbocycles. The standard InChI is InChI=1S/C18H24N2O3S/c1-5-15-11-17(23-19-15)16-7-6-8-20(16)24(21,22)18-10-13(3)12(2)9-14(18)4/h9-11,16H,5-8H2,1-4H3. The van der Waals surface area contributed by atoms with Crippen molar-refractivity contribution in [3.05, 3.63) is 46.3 Å². The van der Waals surface area contributed by atoms with Gasteiger partial charge < -0.3 is 4.52 Å². The van der Waals surface area contributed by atoms with Crippen molar-refractivity contribution in [2.45, 2.75) is 57.9 Å². The first-order valence-corrected chi connectivity index (χ1v) is 9.83. The van der Waals surface area contributed by atoms with E-state index in [9.17, 15) is 8.42 Å². The minimum atomic E-state index is -3.56. The van der Waals surface area contributed by atoms with Gasteiger partial charge in [0.25, 0.3) is 0 Å². The van der Waals surface area contributed by atoms with Gasteiger partial charge in [0.15, 0.2) is 5.76 Å². The van der Waals surface area contributed by atoms with E-state index < -0.39 is 10.0 Å². The van der Waals surface area contributed by atoms with Gasteiger partial charge in [0, 0.05) is 12.6 Å². The number of nitrogens with zero attached hydrogens (tertiary/aromatic N) is 2. The van der Waals surface area contributed by atoms with Gasteiger partial charge in [0.1, 0.15) is 0 Å². The molecule has 3 rings (SSSR count). The predicted octanol–water partition coefficient (Wildman–Crippen LogP) is 3.69. The first-order valence-electron chi connectivity index (χ1n) is 8.39. The summed E-state index contributed by atoms with van der Waals surface area (Å²) in [5.41, 5.74) is 3.74. The molecular weight excluding hydrogens is 324 g/mol. The molecular formula is C18H24N2O3S. The second-order valence-corrected chi connectivity index (χ2v) is 8.41. The van der Waals surface area contributed by atoms with Gasteiger partial charge in [-0.2, -0.15) is 4.31 Å². The highest BCUT2D eigenvalue weighted by molar-refractivity contribution is 7.89. The first-order chi connectivity index (χ1) is 11.3. The van der Waals surface area contributed by atoms with E-state index in [2.05, 4.69) is 5.16 Å². The summed E-state index contributed by atoms with van der Waals surface area (Å²) in [6, 6.07) is 5.35. The molecule has 24 heavy (non-hydrogen) atoms. The largest absolute Gasteiger partial charge is 0.359 e. The molecule has 1 aliphatic rings. The Balaban J connectivity index is 2.01. The molecule has 0 spiro atoms. The molecule has 0 N–H and O–H groups in total. The minimum absolute atomic E-state index is 0.260. The Bertz CT molecular complexity index is 855. The normalized spacial score (nSPS) is 19.1. The molecule has 0 aliphatic carbocycles. The second-order valence-electron chi connectivity index (χ2n) is 6.55. The third-order valence-corrected chi connectivity index (χ3v) is 6.90. The quantitative estimate of drug-likeness (QED) is 0.845. The van der Waals surface area contributed by atoms with Gasteiger partial charge in [-0.05, 0) is 62.8 Å². The number of aryl methyl sites for hydroxylation is 4. The molecule has 2 heterocycles. The maximum absolute atomic E-state index is 13.2. The molecule has 1 saturated heterocycles. The summed E-state index contributed by atoms with van der Waals surface area (Å²) < 4.78 is 33.5. The molecule has 0 radical (unpaired) electrons. The summed E-state index contributed by atoms with van der Waals surface area (Å²) in [5.74, 6) is 0.648. The van der Waals surface area contributed by atoms with Crippen LogP contribution in [-0.4, -0.2) is 24.4 Å². The van der Waals surface area contributed by atoms with Crippen LogP contribution in [0.15, 0.2) is 27.6 Å². The lowest BCUT2D eigenvalue weighted by molar-refractivity contribution is 0.296. The van der Waals surface area contributed by atoms with Crippen LogP contribution in [0.2, 0.25) is 0 Å². The van der Waals surface area contributed by atoms with Gasteiger partial charge in [0.05, 0.1) is 16.6 Å². The number of hydrogen-bond donors (Lipinski definition) is 0. The van der Waals surface area contributed by atoms with E-state index in [4.69, 9.17) is 4.52 Å². The predicted molar refractivity (Wildman–Crippen MR) is 92.4 cm³/mol. The van der Waals surface area contributed by atoms with Crippen LogP contribution < -0.4 is 0 Å². The molecule has 6 heteroatoms. The zero-order valence-electron chi connectivity index (χ0n) is 14.7. The Kier molecular flexibility index (Phi) is 4.53. The number of aromatic nitrogens is 1. The molecule has 1 unspecified atom stereocenters. The maximum Gasteiger partial charge on any atom is 0.244 e. The minimum Gasteiger partial charge on any atom is -0.359 e. The summed E-state index contributed by atoms with van der Waals surface area (Å²) in [7, 11) is -3.56. The summed E-state index contributed by atoms with van der Waals surface area (Å²) in [4.78, 5) is 0.396. The van der Waals surface area contributed by atoms with Gasteiger partial charge in [-0.3, -0.25) is 0 Å². The number of benzene rings is 1. The van der Waals surface area contributed by atoms with Crippen LogP contribution in [0.3, 0.4) is 0 Å². The average Bonchev–Trinajstić information content (AvgIpc) is 3.18. The molecule has 0 amide bonds. The molecule has 1 aromatic carbocycles. The van der Waals surface area contributed by atoms with E-state index in [1.54, 1.807) is 10.4 Å². The van der Waals surface area contributed by atoms with Gasteiger partial charge in [-0.25, -0.2) is 8.42 Å². The SMILES string of the molecule is CCc1cc(C2CCCN2S(=O)(=O)c2cc(C)c(C)cc2C)on1. The molecule has 1 fully saturated rings. The average molecular weight is 348 g/mol. The Labute approximate surface area is 143 Å². The lowest BCUT2D eigenvalue weighted by atomic mass is 10.1. The van der Waals surface area contributed by atoms with Crippen LogP contribution in [0, 0.1) is 20.8 Å². The van der Waals surface area contributed by atoms with Gasteiger partial charge in [0.2, 0.25) is 10.0 Å². The zero-order valence-corrected chi connectivity index (χ0v) is 15.5. The number of hydrogen-bond acceptors (Lipinski definition) is 4. The summed E-state index contributed by atoms with van der Waals surface area (Å²) in [6.07, 6.45) is 2.37. The van der Waals surface area contributed by atoms with Gasteiger partial charge in [-0.15, -0.1) is 0 Å². The van der Waals surface area contributed by atoms with E-state index in [0.29, 0.717) is 17.2 Å². The molecule has 1 aromatic heterocycles. The van der Waals surface area contributed by atoms with E-state index in [1.165, 1.54) is 0 Å². The smallest absolute Gasteiger partial charge is 0.244 e. The zero-order chi connectivity index (χ0) is 17.5. The molecule has 2 aromatic rings. The Hall–Kier alpha value is -1.66. The van der Waals surface area contributed by atoms with E-state index in [-0.39, 0.29) is 6.04 Å². The van der Waals surface area contributed by atoms with Crippen LogP contribution in [0.4, 0.5) is 0 Å². The monoisotopic (exact) mass is 348 g/mol. The molecule has 5 nitrogen and oxygen atoms in total. The van der Waals surface area contributed by atoms with Crippen molar-refractivity contribution in [3.8, 4) is 0 Å². The van der Waals surface area contributed by atoms with Crippen molar-refractivity contribution in [2.24, 2.45) is 0 Å². The molecule has 1 atom stereocenters. The summed E-state index contributed by atoms with van der Waals surface area (Å²) >= 11 is 0. The summed E-state index contributed by atoms with van der Waals surface area (Å²) in [6.45, 7) is 8.32. The van der Waals surface area contributed by atoms with E-state index in [0.717, 1.165) is 41.6 Å². The first kappa shape index (κ1) is 17.2. The Morgan fingerprint density at radius 3 is 2.54 bits per heavy atom. The van der Waals surface area contributed by atoms with Crippen molar-refractivity contribution >= 4 is 10.0 Å². The highest BCUT2D eigenvalue weighted by Gasteiger charge is 2.39. The molecule has 0 bridgehead atoms. The number of rotatable bonds is 4. The highest BCUT2D eigenvalue weighted by Crippen LogP contribution is 2.37. The summed E-state index contributed by atoms with van der Waals surface area (Å²) in [5, 5.41) is 4.02. The van der Waals surface area contributed by atoms with Crippen LogP contribution in [0.5, 0.6) is 0 Å². The second kappa shape index (κ2) is 6.33. The van der Waals surface area contributed by atoms with Crippen LogP contribution in [0.25, 0.3) is 0 Å². The van der Waals surface area contributed by atoms with Crippen molar-refractivity contribution in [3.63, 3.8) is 0 Å². The Morgan fingerprint density at radius 1 is 1.17 bits per heavy atom. The number of sulfonamides is 1. The van der Waals surface area contributed by atoms with Crippen molar-refractivity contribution < 1.29 is 12.9 Å². The Morgan fingerprint density at radius 2 is 1.88 bits per heavy atom. The van der Waals surface area contributed by atoms with E-state index >= 15 is 0 Å². The lowest BCUT2D eigenvalue weighted by Crippen LogP contribution is -2.31. The molecule has 1 aliphatic heterocycles. The lowest BCUT2D eigenvalue weighted by Gasteiger charge is -2.23. The van der Waals surface area contributed by atoms with Crippen LogP contribution >= 0.6 is 0 Å². The topological polar surface area (TPSA) is 63.4 Å². The van der Waals surface area contributed by atoms with Crippen molar-refractivity contribution in [2.75, 3.05) is 6.54 Å². The fraction of sp³-hybridized carbons (Fsp3) is 0.500. The highest BCUT2D eigenvalue weighted by atomic mass is 32.2.